The van der Waals surface area contributed by atoms with E-state index in [0.29, 0.717) is 11.5 Å². The maximum atomic E-state index is 14.9. The highest BCUT2D eigenvalue weighted by molar-refractivity contribution is 6.18. The summed E-state index contributed by atoms with van der Waals surface area (Å²) >= 11 is 0. The predicted octanol–water partition coefficient (Wildman–Crippen LogP) is 8.10. The van der Waals surface area contributed by atoms with Crippen LogP contribution in [0.2, 0.25) is 0 Å². The number of Topliss-reactive ketones (excluding diaryl/α,β-unsaturated/α-hetero) is 1. The van der Waals surface area contributed by atoms with Crippen LogP contribution in [0.4, 0.5) is 0 Å². The molecule has 0 bridgehead atoms. The maximum Gasteiger partial charge on any atom is 0.330 e. The van der Waals surface area contributed by atoms with Gasteiger partial charge in [-0.05, 0) is 119 Å². The van der Waals surface area contributed by atoms with Crippen molar-refractivity contribution in [3.05, 3.63) is 64.4 Å². The van der Waals surface area contributed by atoms with Crippen molar-refractivity contribution in [3.63, 3.8) is 0 Å². The largest absolute Gasteiger partial charge is 0.466 e. The Kier molecular flexibility index (Phi) is 6.93. The van der Waals surface area contributed by atoms with Crippen LogP contribution in [-0.4, -0.2) is 58.7 Å². The summed E-state index contributed by atoms with van der Waals surface area (Å²) in [7, 11) is 3.16. The molecule has 5 unspecified atom stereocenters. The fraction of sp³-hybridized carbons (Fsp3) is 0.636. The van der Waals surface area contributed by atoms with E-state index in [9.17, 15) is 14.7 Å². The van der Waals surface area contributed by atoms with Gasteiger partial charge in [-0.2, -0.15) is 0 Å². The molecule has 0 amide bonds. The number of aliphatic hydroxyl groups is 1. The number of ketones is 1. The Morgan fingerprint density at radius 2 is 1.81 bits per heavy atom. The number of carbonyl (C=O) groups excluding carboxylic acids is 2. The summed E-state index contributed by atoms with van der Waals surface area (Å²) in [6.07, 6.45) is 9.89. The number of hydrogen-bond acceptors (Lipinski definition) is 7. The van der Waals surface area contributed by atoms with Crippen LogP contribution in [-0.2, 0) is 35.6 Å². The highest BCUT2D eigenvalue weighted by Gasteiger charge is 2.73. The number of aliphatic hydroxyl groups excluding tert-OH is 1. The molecule has 4 heterocycles. The predicted molar refractivity (Wildman–Crippen MR) is 199 cm³/mol. The molecule has 3 aliphatic heterocycles. The Labute approximate surface area is 307 Å². The molecule has 7 aliphatic rings. The molecular formula is C44H55NO7. The zero-order chi connectivity index (χ0) is 37.3. The van der Waals surface area contributed by atoms with Gasteiger partial charge in [0.1, 0.15) is 6.04 Å². The normalized spacial score (nSPS) is 41.7. The van der Waals surface area contributed by atoms with Crippen molar-refractivity contribution in [2.45, 2.75) is 135 Å². The average Bonchev–Trinajstić information content (AvgIpc) is 3.80. The van der Waals surface area contributed by atoms with E-state index < -0.39 is 29.1 Å². The number of methoxy groups -OCH3 is 2. The van der Waals surface area contributed by atoms with Crippen molar-refractivity contribution in [2.75, 3.05) is 14.2 Å². The number of ether oxygens (including phenoxy) is 4. The summed E-state index contributed by atoms with van der Waals surface area (Å²) in [5, 5.41) is 13.4. The second-order valence-corrected chi connectivity index (χ2v) is 19.0. The third-order valence-corrected chi connectivity index (χ3v) is 15.8. The van der Waals surface area contributed by atoms with Gasteiger partial charge in [0, 0.05) is 53.0 Å². The standard InChI is InChI=1S/C44H55NO7/c1-22(2)34-37(48)32-31-25(28-21-39(3,4)52-40(5,6)33(28)36(31)47)19-26-27-18-23-12-14-29-41(7,43(23,9)38(27)45(34)35(26)32)16-17-44(50-11)42(29,8)20-24(51-44)13-15-30(46)49-10/h13,15,19,21,23-24,29,33-34,36,47H,1,12,14,16-18,20H2,2-11H3/b15-13+/t23?,24-,29?,33?,34+,36?,41+,42+,43-,44?/m1/s1. The third kappa shape index (κ3) is 3.88. The molecule has 3 fully saturated rings. The minimum atomic E-state index is -0.846. The third-order valence-electron chi connectivity index (χ3n) is 15.8. The van der Waals surface area contributed by atoms with E-state index in [-0.39, 0.29) is 45.9 Å². The van der Waals surface area contributed by atoms with Gasteiger partial charge in [0.05, 0.1) is 41.6 Å². The van der Waals surface area contributed by atoms with E-state index in [2.05, 4.69) is 71.8 Å². The van der Waals surface area contributed by atoms with E-state index >= 15 is 0 Å². The number of benzene rings is 1. The minimum Gasteiger partial charge on any atom is -0.466 e. The number of rotatable bonds is 4. The molecule has 8 heteroatoms. The number of carbonyl (C=O) groups is 2. The molecule has 1 saturated heterocycles. The molecule has 10 atom stereocenters. The van der Waals surface area contributed by atoms with Crippen molar-refractivity contribution in [2.24, 2.45) is 28.6 Å². The molecule has 0 radical (unpaired) electrons. The zero-order valence-electron chi connectivity index (χ0n) is 32.6. The van der Waals surface area contributed by atoms with E-state index in [0.717, 1.165) is 71.7 Å². The zero-order valence-corrected chi connectivity index (χ0v) is 32.6. The Bertz CT molecular complexity index is 2070. The smallest absolute Gasteiger partial charge is 0.330 e. The number of fused-ring (bicyclic) bond motifs is 13. The SMILES string of the molecule is C=C(C)[C@H]1C(=O)c2c3c(cc4c5c(n1c24)[C@@]1(C)C(CCC2[C@]4(C)C[C@@H](/C=C/C(=O)OC)OC4(OC)CC[C@@]21C)C5)C1=CC(C)(C)OC(C)(C)C1C3O. The number of esters is 1. The van der Waals surface area contributed by atoms with E-state index in [1.165, 1.54) is 24.4 Å². The number of hydrogen-bond donors (Lipinski definition) is 1. The molecule has 4 aliphatic carbocycles. The van der Waals surface area contributed by atoms with Gasteiger partial charge >= 0.3 is 5.97 Å². The van der Waals surface area contributed by atoms with Crippen LogP contribution in [0.15, 0.2) is 36.4 Å². The number of nitrogens with zero attached hydrogens (tertiary/aromatic N) is 1. The van der Waals surface area contributed by atoms with Gasteiger partial charge in [-0.25, -0.2) is 4.79 Å². The molecule has 1 aromatic carbocycles. The maximum absolute atomic E-state index is 14.9. The van der Waals surface area contributed by atoms with Crippen LogP contribution in [0.3, 0.4) is 0 Å². The van der Waals surface area contributed by atoms with Crippen LogP contribution >= 0.6 is 0 Å². The lowest BCUT2D eigenvalue weighted by atomic mass is 9.40. The summed E-state index contributed by atoms with van der Waals surface area (Å²) in [5.74, 6) is -0.678. The lowest BCUT2D eigenvalue weighted by Crippen LogP contribution is -2.65. The Hall–Kier alpha value is -3.04. The molecule has 2 saturated carbocycles. The van der Waals surface area contributed by atoms with Crippen molar-refractivity contribution in [1.29, 1.82) is 0 Å². The molecule has 278 valence electrons. The topological polar surface area (TPSA) is 96.2 Å². The summed E-state index contributed by atoms with van der Waals surface area (Å²) in [6.45, 7) is 22.0. The van der Waals surface area contributed by atoms with Crippen LogP contribution in [0.1, 0.15) is 132 Å². The molecule has 52 heavy (non-hydrogen) atoms. The molecule has 2 aromatic rings. The molecule has 1 aromatic heterocycles. The van der Waals surface area contributed by atoms with Crippen molar-refractivity contribution in [1.82, 2.24) is 4.57 Å². The summed E-state index contributed by atoms with van der Waals surface area (Å²) in [4.78, 5) is 27.0. The molecule has 0 spiro atoms. The fourth-order valence-electron chi connectivity index (χ4n) is 13.8. The van der Waals surface area contributed by atoms with Gasteiger partial charge in [0.2, 0.25) is 0 Å². The van der Waals surface area contributed by atoms with Gasteiger partial charge in [0.15, 0.2) is 11.6 Å². The Balaban J connectivity index is 1.25. The van der Waals surface area contributed by atoms with Gasteiger partial charge in [-0.1, -0.05) is 32.9 Å². The first-order valence-electron chi connectivity index (χ1n) is 19.3. The first-order valence-corrected chi connectivity index (χ1v) is 19.3. The first-order chi connectivity index (χ1) is 24.3. The minimum absolute atomic E-state index is 0.0476. The Morgan fingerprint density at radius 3 is 2.48 bits per heavy atom. The lowest BCUT2D eigenvalue weighted by molar-refractivity contribution is -0.306. The van der Waals surface area contributed by atoms with Gasteiger partial charge in [-0.3, -0.25) is 4.79 Å². The van der Waals surface area contributed by atoms with Crippen molar-refractivity contribution >= 4 is 28.2 Å². The fourth-order valence-corrected chi connectivity index (χ4v) is 13.8. The second kappa shape index (κ2) is 10.4. The van der Waals surface area contributed by atoms with Gasteiger partial charge in [0.25, 0.3) is 0 Å². The lowest BCUT2D eigenvalue weighted by Gasteiger charge is -2.66. The molecule has 1 N–H and O–H groups in total. The van der Waals surface area contributed by atoms with Gasteiger partial charge in [-0.15, -0.1) is 0 Å². The van der Waals surface area contributed by atoms with Crippen LogP contribution < -0.4 is 0 Å². The highest BCUT2D eigenvalue weighted by atomic mass is 16.7. The highest BCUT2D eigenvalue weighted by Crippen LogP contribution is 2.75. The van der Waals surface area contributed by atoms with Crippen LogP contribution in [0, 0.1) is 28.6 Å². The van der Waals surface area contributed by atoms with Crippen molar-refractivity contribution in [3.8, 4) is 0 Å². The quantitative estimate of drug-likeness (QED) is 0.195. The van der Waals surface area contributed by atoms with E-state index in [4.69, 9.17) is 18.9 Å². The molecule has 9 rings (SSSR count). The van der Waals surface area contributed by atoms with Gasteiger partial charge < -0.3 is 28.6 Å². The van der Waals surface area contributed by atoms with Crippen LogP contribution in [0.25, 0.3) is 16.5 Å². The van der Waals surface area contributed by atoms with Crippen molar-refractivity contribution < 1.29 is 33.6 Å². The second-order valence-electron chi connectivity index (χ2n) is 19.0. The van der Waals surface area contributed by atoms with Crippen LogP contribution in [0.5, 0.6) is 0 Å². The average molecular weight is 710 g/mol. The first kappa shape index (κ1) is 34.7. The summed E-state index contributed by atoms with van der Waals surface area (Å²) in [6, 6.07) is 1.81. The van der Waals surface area contributed by atoms with E-state index in [1.54, 1.807) is 7.11 Å². The molecular weight excluding hydrogens is 654 g/mol. The number of allylic oxidation sites excluding steroid dienone is 1. The Morgan fingerprint density at radius 1 is 1.08 bits per heavy atom. The van der Waals surface area contributed by atoms with E-state index in [1.807, 2.05) is 13.0 Å². The summed E-state index contributed by atoms with van der Waals surface area (Å²) < 4.78 is 27.0. The number of aromatic nitrogens is 1. The molecule has 8 nitrogen and oxygen atoms in total. The summed E-state index contributed by atoms with van der Waals surface area (Å²) in [5.41, 5.74) is 6.21. The monoisotopic (exact) mass is 709 g/mol.